The molecule has 1 aromatic carbocycles. The number of aromatic nitrogens is 1. The van der Waals surface area contributed by atoms with Gasteiger partial charge in [-0.25, -0.2) is 9.18 Å². The van der Waals surface area contributed by atoms with Gasteiger partial charge in [-0.15, -0.1) is 0 Å². The molecule has 1 aromatic heterocycles. The molecule has 4 heterocycles. The lowest BCUT2D eigenvalue weighted by molar-refractivity contribution is -0.000291. The van der Waals surface area contributed by atoms with Gasteiger partial charge in [-0.1, -0.05) is 0 Å². The summed E-state index contributed by atoms with van der Waals surface area (Å²) in [5.74, 6) is -0.675. The number of ether oxygens (including phenoxy) is 2. The van der Waals surface area contributed by atoms with Gasteiger partial charge in [0.2, 0.25) is 0 Å². The van der Waals surface area contributed by atoms with Crippen molar-refractivity contribution >= 4 is 16.9 Å². The normalized spacial score (nSPS) is 30.9. The van der Waals surface area contributed by atoms with Crippen molar-refractivity contribution in [3.63, 3.8) is 0 Å². The summed E-state index contributed by atoms with van der Waals surface area (Å²) in [7, 11) is 2.17. The second-order valence-electron chi connectivity index (χ2n) is 8.18. The van der Waals surface area contributed by atoms with Gasteiger partial charge < -0.3 is 18.9 Å². The van der Waals surface area contributed by atoms with Gasteiger partial charge >= 0.3 is 5.97 Å². The molecule has 3 fully saturated rings. The van der Waals surface area contributed by atoms with Crippen LogP contribution < -0.4 is 0 Å². The highest BCUT2D eigenvalue weighted by atomic mass is 19.1. The van der Waals surface area contributed by atoms with Gasteiger partial charge in [-0.3, -0.25) is 0 Å². The summed E-state index contributed by atoms with van der Waals surface area (Å²) < 4.78 is 27.3. The zero-order chi connectivity index (χ0) is 18.5. The van der Waals surface area contributed by atoms with Crippen LogP contribution in [0, 0.1) is 5.82 Å². The topological polar surface area (TPSA) is 43.7 Å². The molecule has 27 heavy (non-hydrogen) atoms. The molecule has 5 rings (SSSR count). The van der Waals surface area contributed by atoms with Crippen molar-refractivity contribution in [3.8, 4) is 0 Å². The molecule has 3 saturated heterocycles. The summed E-state index contributed by atoms with van der Waals surface area (Å²) >= 11 is 0. The molecule has 6 heteroatoms. The summed E-state index contributed by atoms with van der Waals surface area (Å²) in [6.07, 6.45) is 6.82. The molecule has 144 valence electrons. The summed E-state index contributed by atoms with van der Waals surface area (Å²) in [4.78, 5) is 15.4. The average molecular weight is 372 g/mol. The van der Waals surface area contributed by atoms with E-state index in [0.717, 1.165) is 24.8 Å². The van der Waals surface area contributed by atoms with Crippen LogP contribution in [-0.4, -0.2) is 53.9 Å². The summed E-state index contributed by atoms with van der Waals surface area (Å²) in [6, 6.07) is 5.83. The van der Waals surface area contributed by atoms with E-state index in [0.29, 0.717) is 36.2 Å². The van der Waals surface area contributed by atoms with Crippen LogP contribution in [0.2, 0.25) is 0 Å². The maximum absolute atomic E-state index is 13.9. The minimum atomic E-state index is -0.339. The zero-order valence-corrected chi connectivity index (χ0v) is 15.6. The summed E-state index contributed by atoms with van der Waals surface area (Å²) in [5.41, 5.74) is 1.32. The van der Waals surface area contributed by atoms with Crippen LogP contribution in [0.4, 0.5) is 4.39 Å². The van der Waals surface area contributed by atoms with Crippen molar-refractivity contribution in [2.75, 3.05) is 20.3 Å². The van der Waals surface area contributed by atoms with Gasteiger partial charge in [-0.05, 0) is 44.5 Å². The Labute approximate surface area is 158 Å². The lowest BCUT2D eigenvalue weighted by Gasteiger charge is -2.35. The first kappa shape index (κ1) is 17.2. The SMILES string of the molecule is CN1C2CCC1CC(OC(=O)c1cn([C@H]3CCOC3)c3ccc(F)cc13)C2. The van der Waals surface area contributed by atoms with E-state index in [2.05, 4.69) is 16.5 Å². The monoisotopic (exact) mass is 372 g/mol. The fourth-order valence-corrected chi connectivity index (χ4v) is 5.11. The number of piperidine rings is 1. The Morgan fingerprint density at radius 1 is 1.19 bits per heavy atom. The van der Waals surface area contributed by atoms with Gasteiger partial charge in [0.15, 0.2) is 0 Å². The molecule has 2 aromatic rings. The lowest BCUT2D eigenvalue weighted by atomic mass is 10.0. The quantitative estimate of drug-likeness (QED) is 0.774. The van der Waals surface area contributed by atoms with Crippen LogP contribution in [0.1, 0.15) is 48.5 Å². The van der Waals surface area contributed by atoms with Crippen LogP contribution in [0.15, 0.2) is 24.4 Å². The van der Waals surface area contributed by atoms with E-state index < -0.39 is 0 Å². The Kier molecular flexibility index (Phi) is 4.20. The second kappa shape index (κ2) is 6.60. The third kappa shape index (κ3) is 2.95. The summed E-state index contributed by atoms with van der Waals surface area (Å²) in [6.45, 7) is 1.33. The highest BCUT2D eigenvalue weighted by molar-refractivity contribution is 6.04. The minimum Gasteiger partial charge on any atom is -0.459 e. The molecule has 0 amide bonds. The maximum atomic E-state index is 13.9. The van der Waals surface area contributed by atoms with Crippen molar-refractivity contribution in [2.24, 2.45) is 0 Å². The number of hydrogen-bond acceptors (Lipinski definition) is 4. The third-order valence-electron chi connectivity index (χ3n) is 6.64. The summed E-state index contributed by atoms with van der Waals surface area (Å²) in [5, 5.41) is 0.628. The Morgan fingerprint density at radius 3 is 2.67 bits per heavy atom. The van der Waals surface area contributed by atoms with Crippen LogP contribution in [0.5, 0.6) is 0 Å². The molecule has 5 nitrogen and oxygen atoms in total. The van der Waals surface area contributed by atoms with Crippen molar-refractivity contribution in [2.45, 2.75) is 56.3 Å². The Balaban J connectivity index is 1.43. The number of fused-ring (bicyclic) bond motifs is 3. The van der Waals surface area contributed by atoms with E-state index in [1.54, 1.807) is 6.07 Å². The first-order chi connectivity index (χ1) is 13.1. The molecule has 3 aliphatic rings. The molecular formula is C21H25FN2O3. The van der Waals surface area contributed by atoms with E-state index in [9.17, 15) is 9.18 Å². The molecule has 0 aliphatic carbocycles. The largest absolute Gasteiger partial charge is 0.459 e. The van der Waals surface area contributed by atoms with E-state index >= 15 is 0 Å². The number of carbonyl (C=O) groups is 1. The Hall–Kier alpha value is -1.92. The van der Waals surface area contributed by atoms with Crippen LogP contribution in [0.3, 0.4) is 0 Å². The van der Waals surface area contributed by atoms with Gasteiger partial charge in [0, 0.05) is 48.6 Å². The number of rotatable bonds is 3. The molecule has 2 bridgehead atoms. The van der Waals surface area contributed by atoms with Crippen molar-refractivity contribution in [1.29, 1.82) is 0 Å². The molecule has 0 saturated carbocycles. The van der Waals surface area contributed by atoms with Gasteiger partial charge in [0.25, 0.3) is 0 Å². The zero-order valence-electron chi connectivity index (χ0n) is 15.6. The van der Waals surface area contributed by atoms with Gasteiger partial charge in [0.1, 0.15) is 11.9 Å². The second-order valence-corrected chi connectivity index (χ2v) is 8.18. The highest BCUT2D eigenvalue weighted by Crippen LogP contribution is 2.36. The predicted molar refractivity (Wildman–Crippen MR) is 99.4 cm³/mol. The molecule has 0 spiro atoms. The molecule has 3 atom stereocenters. The van der Waals surface area contributed by atoms with Crippen LogP contribution in [0.25, 0.3) is 10.9 Å². The third-order valence-corrected chi connectivity index (χ3v) is 6.64. The van der Waals surface area contributed by atoms with Gasteiger partial charge in [0.05, 0.1) is 18.2 Å². The van der Waals surface area contributed by atoms with Crippen molar-refractivity contribution < 1.29 is 18.7 Å². The van der Waals surface area contributed by atoms with Crippen LogP contribution >= 0.6 is 0 Å². The smallest absolute Gasteiger partial charge is 0.340 e. The van der Waals surface area contributed by atoms with E-state index in [4.69, 9.17) is 9.47 Å². The Morgan fingerprint density at radius 2 is 1.96 bits per heavy atom. The molecule has 2 unspecified atom stereocenters. The first-order valence-corrected chi connectivity index (χ1v) is 9.91. The number of nitrogens with zero attached hydrogens (tertiary/aromatic N) is 2. The molecule has 0 N–H and O–H groups in total. The van der Waals surface area contributed by atoms with Crippen molar-refractivity contribution in [3.05, 3.63) is 35.8 Å². The standard InChI is InChI=1S/C21H25FN2O3/c1-23-14-3-4-15(23)10-17(9-14)27-21(25)19-11-24(16-6-7-26-12-16)20-5-2-13(22)8-18(19)20/h2,5,8,11,14-17H,3-4,6-7,9-10,12H2,1H3/t14?,15?,16-,17?/m0/s1. The van der Waals surface area contributed by atoms with Gasteiger partial charge in [-0.2, -0.15) is 0 Å². The fraction of sp³-hybridized carbons (Fsp3) is 0.571. The number of benzene rings is 1. The van der Waals surface area contributed by atoms with E-state index in [1.807, 2.05) is 6.20 Å². The fourth-order valence-electron chi connectivity index (χ4n) is 5.11. The molecule has 0 radical (unpaired) electrons. The lowest BCUT2D eigenvalue weighted by Crippen LogP contribution is -2.43. The van der Waals surface area contributed by atoms with Crippen LogP contribution in [-0.2, 0) is 9.47 Å². The minimum absolute atomic E-state index is 0.0482. The molecule has 3 aliphatic heterocycles. The Bertz CT molecular complexity index is 860. The number of esters is 1. The number of hydrogen-bond donors (Lipinski definition) is 0. The number of carbonyl (C=O) groups excluding carboxylic acids is 1. The average Bonchev–Trinajstić information content (AvgIpc) is 3.33. The van der Waals surface area contributed by atoms with E-state index in [-0.39, 0.29) is 23.9 Å². The van der Waals surface area contributed by atoms with Crippen molar-refractivity contribution in [1.82, 2.24) is 9.47 Å². The highest BCUT2D eigenvalue weighted by Gasteiger charge is 2.40. The molecular weight excluding hydrogens is 347 g/mol. The van der Waals surface area contributed by atoms with E-state index in [1.165, 1.54) is 25.0 Å². The number of halogens is 1. The maximum Gasteiger partial charge on any atom is 0.340 e. The predicted octanol–water partition coefficient (Wildman–Crippen LogP) is 3.52. The first-order valence-electron chi connectivity index (χ1n) is 9.91.